The van der Waals surface area contributed by atoms with E-state index in [1.807, 2.05) is 12.1 Å². The fourth-order valence-electron chi connectivity index (χ4n) is 2.77. The van der Waals surface area contributed by atoms with Crippen molar-refractivity contribution in [1.29, 1.82) is 0 Å². The highest BCUT2D eigenvalue weighted by atomic mass is 127. The molecule has 1 heterocycles. The monoisotopic (exact) mass is 373 g/mol. The lowest BCUT2D eigenvalue weighted by atomic mass is 10.0. The van der Waals surface area contributed by atoms with Crippen molar-refractivity contribution < 1.29 is 0 Å². The van der Waals surface area contributed by atoms with Crippen molar-refractivity contribution in [3.63, 3.8) is 0 Å². The number of rotatable bonds is 1. The summed E-state index contributed by atoms with van der Waals surface area (Å²) in [6.45, 7) is 0. The van der Waals surface area contributed by atoms with Crippen molar-refractivity contribution in [3.8, 4) is 0 Å². The zero-order chi connectivity index (χ0) is 12.7. The third kappa shape index (κ3) is 2.07. The summed E-state index contributed by atoms with van der Waals surface area (Å²) in [5.41, 5.74) is 1.92. The molecule has 1 aliphatic rings. The van der Waals surface area contributed by atoms with Gasteiger partial charge in [-0.05, 0) is 53.5 Å². The zero-order valence-electron chi connectivity index (χ0n) is 9.80. The Hall–Kier alpha value is -0.550. The van der Waals surface area contributed by atoms with Gasteiger partial charge in [-0.15, -0.1) is 0 Å². The maximum Gasteiger partial charge on any atom is 0.190 e. The highest BCUT2D eigenvalue weighted by Crippen LogP contribution is 2.34. The molecule has 4 heteroatoms. The second-order valence-corrected chi connectivity index (χ2v) is 6.42. The molecule has 3 rings (SSSR count). The molecular formula is C14H13ClINO. The number of H-pyrrole nitrogens is 1. The molecule has 0 aliphatic heterocycles. The van der Waals surface area contributed by atoms with Gasteiger partial charge in [0, 0.05) is 15.3 Å². The molecule has 0 radical (unpaired) electrons. The second kappa shape index (κ2) is 4.85. The Morgan fingerprint density at radius 3 is 2.72 bits per heavy atom. The van der Waals surface area contributed by atoms with Gasteiger partial charge in [0.25, 0.3) is 0 Å². The molecule has 0 bridgehead atoms. The minimum absolute atomic E-state index is 0.0811. The highest BCUT2D eigenvalue weighted by molar-refractivity contribution is 14.1. The van der Waals surface area contributed by atoms with Crippen molar-refractivity contribution in [1.82, 2.24) is 4.98 Å². The molecule has 1 aliphatic carbocycles. The van der Waals surface area contributed by atoms with Gasteiger partial charge in [0.2, 0.25) is 0 Å². The molecule has 0 saturated heterocycles. The van der Waals surface area contributed by atoms with E-state index in [1.165, 1.54) is 25.7 Å². The SMILES string of the molecule is O=c1cc(C2CCCC2)[nH]c2c(Cl)ccc(I)c12. The van der Waals surface area contributed by atoms with Crippen LogP contribution in [0.5, 0.6) is 0 Å². The first-order chi connectivity index (χ1) is 8.66. The highest BCUT2D eigenvalue weighted by Gasteiger charge is 2.19. The Kier molecular flexibility index (Phi) is 3.36. The number of pyridine rings is 1. The van der Waals surface area contributed by atoms with Crippen LogP contribution in [0.15, 0.2) is 23.0 Å². The Labute approximate surface area is 124 Å². The van der Waals surface area contributed by atoms with Crippen molar-refractivity contribution in [3.05, 3.63) is 42.7 Å². The Bertz CT molecular complexity index is 659. The van der Waals surface area contributed by atoms with Crippen LogP contribution in [-0.4, -0.2) is 4.98 Å². The van der Waals surface area contributed by atoms with Crippen LogP contribution in [0.1, 0.15) is 37.3 Å². The summed E-state index contributed by atoms with van der Waals surface area (Å²) in [6.07, 6.45) is 4.85. The first-order valence-electron chi connectivity index (χ1n) is 6.18. The van der Waals surface area contributed by atoms with Gasteiger partial charge >= 0.3 is 0 Å². The fraction of sp³-hybridized carbons (Fsp3) is 0.357. The summed E-state index contributed by atoms with van der Waals surface area (Å²) < 4.78 is 0.950. The van der Waals surface area contributed by atoms with Crippen molar-refractivity contribution in [2.24, 2.45) is 0 Å². The summed E-state index contributed by atoms with van der Waals surface area (Å²) >= 11 is 8.39. The quantitative estimate of drug-likeness (QED) is 0.736. The van der Waals surface area contributed by atoms with Gasteiger partial charge in [0.1, 0.15) is 0 Å². The number of benzene rings is 1. The number of aromatic nitrogens is 1. The molecule has 0 spiro atoms. The lowest BCUT2D eigenvalue weighted by Gasteiger charge is -2.12. The summed E-state index contributed by atoms with van der Waals surface area (Å²) in [5, 5.41) is 1.34. The molecule has 2 nitrogen and oxygen atoms in total. The summed E-state index contributed by atoms with van der Waals surface area (Å²) in [5.74, 6) is 0.496. The standard InChI is InChI=1S/C14H13ClINO/c15-9-5-6-10(16)13-12(18)7-11(17-14(9)13)8-3-1-2-4-8/h5-8H,1-4H2,(H,17,18). The van der Waals surface area contributed by atoms with Gasteiger partial charge < -0.3 is 4.98 Å². The Morgan fingerprint density at radius 2 is 2.00 bits per heavy atom. The Morgan fingerprint density at radius 1 is 1.28 bits per heavy atom. The van der Waals surface area contributed by atoms with Crippen molar-refractivity contribution >= 4 is 45.1 Å². The van der Waals surface area contributed by atoms with Crippen LogP contribution in [0.4, 0.5) is 0 Å². The summed E-state index contributed by atoms with van der Waals surface area (Å²) in [4.78, 5) is 15.6. The molecular weight excluding hydrogens is 361 g/mol. The number of fused-ring (bicyclic) bond motifs is 1. The van der Waals surface area contributed by atoms with Crippen molar-refractivity contribution in [2.75, 3.05) is 0 Å². The summed E-state index contributed by atoms with van der Waals surface area (Å²) in [6, 6.07) is 5.49. The van der Waals surface area contributed by atoms with Crippen LogP contribution < -0.4 is 5.43 Å². The number of halogens is 2. The third-order valence-electron chi connectivity index (χ3n) is 3.70. The lowest BCUT2D eigenvalue weighted by molar-refractivity contribution is 0.700. The van der Waals surface area contributed by atoms with E-state index in [4.69, 9.17) is 11.6 Å². The number of aromatic amines is 1. The molecule has 0 atom stereocenters. The molecule has 1 aromatic heterocycles. The number of nitrogens with one attached hydrogen (secondary N) is 1. The fourth-order valence-corrected chi connectivity index (χ4v) is 3.69. The average Bonchev–Trinajstić information content (AvgIpc) is 2.87. The van der Waals surface area contributed by atoms with Crippen LogP contribution in [0.2, 0.25) is 5.02 Å². The maximum absolute atomic E-state index is 12.2. The first-order valence-corrected chi connectivity index (χ1v) is 7.63. The smallest absolute Gasteiger partial charge is 0.190 e. The first kappa shape index (κ1) is 12.5. The van der Waals surface area contributed by atoms with Gasteiger partial charge in [-0.3, -0.25) is 4.79 Å². The molecule has 0 unspecified atom stereocenters. The van der Waals surface area contributed by atoms with Crippen LogP contribution >= 0.6 is 34.2 Å². The second-order valence-electron chi connectivity index (χ2n) is 4.85. The van der Waals surface area contributed by atoms with E-state index >= 15 is 0 Å². The van der Waals surface area contributed by atoms with E-state index < -0.39 is 0 Å². The van der Waals surface area contributed by atoms with Crippen LogP contribution in [-0.2, 0) is 0 Å². The van der Waals surface area contributed by atoms with E-state index in [1.54, 1.807) is 6.07 Å². The molecule has 2 aromatic rings. The van der Waals surface area contributed by atoms with Crippen LogP contribution in [0, 0.1) is 3.57 Å². The van der Waals surface area contributed by atoms with E-state index in [0.29, 0.717) is 16.3 Å². The minimum atomic E-state index is 0.0811. The molecule has 0 amide bonds. The number of hydrogen-bond donors (Lipinski definition) is 1. The molecule has 94 valence electrons. The number of hydrogen-bond acceptors (Lipinski definition) is 1. The van der Waals surface area contributed by atoms with Gasteiger partial charge in [-0.1, -0.05) is 24.4 Å². The van der Waals surface area contributed by atoms with Crippen molar-refractivity contribution in [2.45, 2.75) is 31.6 Å². The van der Waals surface area contributed by atoms with E-state index in [2.05, 4.69) is 27.6 Å². The maximum atomic E-state index is 12.2. The summed E-state index contributed by atoms with van der Waals surface area (Å²) in [7, 11) is 0. The van der Waals surface area contributed by atoms with E-state index in [-0.39, 0.29) is 5.43 Å². The predicted octanol–water partition coefficient (Wildman–Crippen LogP) is 4.44. The van der Waals surface area contributed by atoms with Gasteiger partial charge in [-0.25, -0.2) is 0 Å². The molecule has 1 fully saturated rings. The zero-order valence-corrected chi connectivity index (χ0v) is 12.7. The molecule has 1 aromatic carbocycles. The third-order valence-corrected chi connectivity index (χ3v) is 4.91. The van der Waals surface area contributed by atoms with Gasteiger partial charge in [-0.2, -0.15) is 0 Å². The van der Waals surface area contributed by atoms with Gasteiger partial charge in [0.15, 0.2) is 5.43 Å². The topological polar surface area (TPSA) is 32.9 Å². The van der Waals surface area contributed by atoms with Gasteiger partial charge in [0.05, 0.1) is 15.9 Å². The molecule has 18 heavy (non-hydrogen) atoms. The predicted molar refractivity (Wildman–Crippen MR) is 83.5 cm³/mol. The average molecular weight is 374 g/mol. The minimum Gasteiger partial charge on any atom is -0.357 e. The van der Waals surface area contributed by atoms with E-state index in [0.717, 1.165) is 14.8 Å². The van der Waals surface area contributed by atoms with E-state index in [9.17, 15) is 4.79 Å². The lowest BCUT2D eigenvalue weighted by Crippen LogP contribution is -2.09. The molecule has 1 N–H and O–H groups in total. The van der Waals surface area contributed by atoms with Crippen LogP contribution in [0.3, 0.4) is 0 Å². The largest absolute Gasteiger partial charge is 0.357 e. The Balaban J connectivity index is 2.26. The van der Waals surface area contributed by atoms with Crippen LogP contribution in [0.25, 0.3) is 10.9 Å². The molecule has 1 saturated carbocycles. The normalized spacial score (nSPS) is 16.6.